The third-order valence-corrected chi connectivity index (χ3v) is 3.38. The van der Waals surface area contributed by atoms with Crippen LogP contribution in [0.15, 0.2) is 54.7 Å². The van der Waals surface area contributed by atoms with Gasteiger partial charge in [0.15, 0.2) is 0 Å². The second-order valence-corrected chi connectivity index (χ2v) is 5.07. The average Bonchev–Trinajstić information content (AvgIpc) is 3.11. The molecule has 0 atom stereocenters. The topological polar surface area (TPSA) is 90.3 Å². The number of nitrogens with zero attached hydrogens (tertiary/aromatic N) is 4. The highest BCUT2D eigenvalue weighted by Crippen LogP contribution is 2.24. The Kier molecular flexibility index (Phi) is 4.32. The minimum atomic E-state index is 0.244. The summed E-state index contributed by atoms with van der Waals surface area (Å²) < 4.78 is 0. The summed E-state index contributed by atoms with van der Waals surface area (Å²) in [6.07, 6.45) is 1.55. The molecule has 0 spiro atoms. The number of halogens is 1. The molecular formula is C16H11ClN6. The molecule has 3 rings (SSSR count). The maximum atomic E-state index is 9.14. The van der Waals surface area contributed by atoms with Crippen molar-refractivity contribution in [2.45, 2.75) is 0 Å². The largest absolute Gasteiger partial charge is 0.360 e. The molecule has 0 aliphatic rings. The summed E-state index contributed by atoms with van der Waals surface area (Å²) in [6, 6.07) is 17.4. The van der Waals surface area contributed by atoms with Crippen molar-refractivity contribution in [2.24, 2.45) is 0 Å². The van der Waals surface area contributed by atoms with Gasteiger partial charge in [-0.2, -0.15) is 10.5 Å². The number of anilines is 1. The number of nitrogens with one attached hydrogen (secondary N) is 2. The van der Waals surface area contributed by atoms with E-state index in [1.54, 1.807) is 6.20 Å². The third kappa shape index (κ3) is 3.54. The van der Waals surface area contributed by atoms with Gasteiger partial charge in [-0.25, -0.2) is 0 Å². The smallest absolute Gasteiger partial charge is 0.216 e. The molecule has 0 amide bonds. The molecule has 7 heteroatoms. The molecule has 0 saturated heterocycles. The Bertz CT molecular complexity index is 862. The van der Waals surface area contributed by atoms with E-state index in [0.29, 0.717) is 5.02 Å². The van der Waals surface area contributed by atoms with E-state index in [0.717, 1.165) is 16.8 Å². The Morgan fingerprint density at radius 2 is 2.00 bits per heavy atom. The molecule has 6 nitrogen and oxygen atoms in total. The summed E-state index contributed by atoms with van der Waals surface area (Å²) in [5.41, 5.74) is 3.23. The van der Waals surface area contributed by atoms with Crippen LogP contribution in [0, 0.1) is 11.3 Å². The normalized spacial score (nSPS) is 11.0. The fourth-order valence-electron chi connectivity index (χ4n) is 2.01. The molecule has 3 aromatic rings. The minimum Gasteiger partial charge on any atom is -0.360 e. The molecule has 0 radical (unpaired) electrons. The van der Waals surface area contributed by atoms with Crippen molar-refractivity contribution >= 4 is 22.9 Å². The van der Waals surface area contributed by atoms with Crippen molar-refractivity contribution in [1.29, 1.82) is 5.26 Å². The summed E-state index contributed by atoms with van der Waals surface area (Å²) in [7, 11) is 0. The number of tetrazole rings is 1. The zero-order chi connectivity index (χ0) is 16.1. The standard InChI is InChI=1S/C16H11ClN6/c17-14-6-4-11(5-7-14)12-2-1-3-15(8-12)19-10-13(9-18)16-20-22-23-21-16/h1-8,10,19H,(H,20,21,22,23). The van der Waals surface area contributed by atoms with Gasteiger partial charge in [0.1, 0.15) is 11.6 Å². The first kappa shape index (κ1) is 14.8. The van der Waals surface area contributed by atoms with Gasteiger partial charge in [-0.1, -0.05) is 35.9 Å². The first-order chi connectivity index (χ1) is 11.3. The highest BCUT2D eigenvalue weighted by molar-refractivity contribution is 6.30. The molecule has 1 aromatic heterocycles. The van der Waals surface area contributed by atoms with Crippen LogP contribution in [0.5, 0.6) is 0 Å². The lowest BCUT2D eigenvalue weighted by atomic mass is 10.1. The summed E-state index contributed by atoms with van der Waals surface area (Å²) in [5.74, 6) is 0.244. The maximum Gasteiger partial charge on any atom is 0.216 e. The number of allylic oxidation sites excluding steroid dienone is 1. The molecule has 2 aromatic carbocycles. The average molecular weight is 323 g/mol. The predicted octanol–water partition coefficient (Wildman–Crippen LogP) is 3.50. The van der Waals surface area contributed by atoms with Crippen LogP contribution >= 0.6 is 11.6 Å². The molecule has 0 unspecified atom stereocenters. The fourth-order valence-corrected chi connectivity index (χ4v) is 2.14. The zero-order valence-corrected chi connectivity index (χ0v) is 12.6. The summed E-state index contributed by atoms with van der Waals surface area (Å²) in [4.78, 5) is 0. The number of hydrogen-bond donors (Lipinski definition) is 2. The van der Waals surface area contributed by atoms with E-state index in [9.17, 15) is 0 Å². The van der Waals surface area contributed by atoms with Gasteiger partial charge in [0, 0.05) is 16.9 Å². The van der Waals surface area contributed by atoms with Crippen LogP contribution in [0.25, 0.3) is 16.7 Å². The molecule has 0 fully saturated rings. The second-order valence-electron chi connectivity index (χ2n) is 4.64. The van der Waals surface area contributed by atoms with Crippen molar-refractivity contribution in [3.8, 4) is 17.2 Å². The zero-order valence-electron chi connectivity index (χ0n) is 11.9. The Balaban J connectivity index is 1.83. The first-order valence-electron chi connectivity index (χ1n) is 6.73. The van der Waals surface area contributed by atoms with E-state index >= 15 is 0 Å². The molecule has 0 aliphatic carbocycles. The van der Waals surface area contributed by atoms with Crippen LogP contribution in [0.1, 0.15) is 5.82 Å². The highest BCUT2D eigenvalue weighted by atomic mass is 35.5. The molecule has 1 heterocycles. The number of nitriles is 1. The number of benzene rings is 2. The van der Waals surface area contributed by atoms with E-state index < -0.39 is 0 Å². The molecule has 23 heavy (non-hydrogen) atoms. The minimum absolute atomic E-state index is 0.244. The van der Waals surface area contributed by atoms with E-state index in [1.165, 1.54) is 0 Å². The SMILES string of the molecule is N#CC(=CNc1cccc(-c2ccc(Cl)cc2)c1)c1nn[nH]n1. The van der Waals surface area contributed by atoms with Crippen LogP contribution in [-0.2, 0) is 0 Å². The van der Waals surface area contributed by atoms with Gasteiger partial charge in [-0.15, -0.1) is 10.2 Å². The lowest BCUT2D eigenvalue weighted by Crippen LogP contribution is -1.93. The Morgan fingerprint density at radius 1 is 1.17 bits per heavy atom. The summed E-state index contributed by atoms with van der Waals surface area (Å²) in [6.45, 7) is 0. The van der Waals surface area contributed by atoms with E-state index in [1.807, 2.05) is 54.6 Å². The van der Waals surface area contributed by atoms with Gasteiger partial charge in [-0.05, 0) is 40.6 Å². The van der Waals surface area contributed by atoms with Crippen molar-refractivity contribution in [3.05, 3.63) is 65.6 Å². The Hall–Kier alpha value is -3.17. The van der Waals surface area contributed by atoms with Gasteiger partial charge in [0.25, 0.3) is 0 Å². The van der Waals surface area contributed by atoms with Crippen molar-refractivity contribution in [1.82, 2.24) is 20.6 Å². The van der Waals surface area contributed by atoms with E-state index in [-0.39, 0.29) is 11.4 Å². The summed E-state index contributed by atoms with van der Waals surface area (Å²) in [5, 5.41) is 26.2. The lowest BCUT2D eigenvalue weighted by Gasteiger charge is -2.06. The highest BCUT2D eigenvalue weighted by Gasteiger charge is 2.05. The van der Waals surface area contributed by atoms with Crippen LogP contribution in [0.3, 0.4) is 0 Å². The van der Waals surface area contributed by atoms with Gasteiger partial charge < -0.3 is 5.32 Å². The van der Waals surface area contributed by atoms with Gasteiger partial charge in [0.05, 0.1) is 0 Å². The monoisotopic (exact) mass is 322 g/mol. The third-order valence-electron chi connectivity index (χ3n) is 3.13. The number of aromatic amines is 1. The molecule has 2 N–H and O–H groups in total. The number of rotatable bonds is 4. The molecule has 0 bridgehead atoms. The maximum absolute atomic E-state index is 9.14. The number of hydrogen-bond acceptors (Lipinski definition) is 5. The van der Waals surface area contributed by atoms with Crippen LogP contribution in [0.4, 0.5) is 5.69 Å². The molecule has 112 valence electrons. The van der Waals surface area contributed by atoms with Gasteiger partial charge in [0.2, 0.25) is 5.82 Å². The molecule has 0 saturated carbocycles. The van der Waals surface area contributed by atoms with Crippen LogP contribution < -0.4 is 5.32 Å². The number of aromatic nitrogens is 4. The van der Waals surface area contributed by atoms with E-state index in [2.05, 4.69) is 25.9 Å². The van der Waals surface area contributed by atoms with Gasteiger partial charge in [-0.3, -0.25) is 0 Å². The second kappa shape index (κ2) is 6.73. The summed E-state index contributed by atoms with van der Waals surface area (Å²) >= 11 is 5.91. The quantitative estimate of drug-likeness (QED) is 0.717. The fraction of sp³-hybridized carbons (Fsp3) is 0. The lowest BCUT2D eigenvalue weighted by molar-refractivity contribution is 0.881. The number of H-pyrrole nitrogens is 1. The predicted molar refractivity (Wildman–Crippen MR) is 88.3 cm³/mol. The van der Waals surface area contributed by atoms with Crippen LogP contribution in [-0.4, -0.2) is 20.6 Å². The van der Waals surface area contributed by atoms with Crippen LogP contribution in [0.2, 0.25) is 5.02 Å². The molecular weight excluding hydrogens is 312 g/mol. The molecule has 0 aliphatic heterocycles. The van der Waals surface area contributed by atoms with Crippen molar-refractivity contribution in [3.63, 3.8) is 0 Å². The van der Waals surface area contributed by atoms with Crippen molar-refractivity contribution < 1.29 is 0 Å². The Labute approximate surface area is 137 Å². The first-order valence-corrected chi connectivity index (χ1v) is 7.11. The van der Waals surface area contributed by atoms with Gasteiger partial charge >= 0.3 is 0 Å². The Morgan fingerprint density at radius 3 is 2.70 bits per heavy atom. The van der Waals surface area contributed by atoms with E-state index in [4.69, 9.17) is 16.9 Å². The van der Waals surface area contributed by atoms with Crippen molar-refractivity contribution in [2.75, 3.05) is 5.32 Å².